The van der Waals surface area contributed by atoms with Gasteiger partial charge in [-0.15, -0.1) is 11.3 Å². The molecule has 0 spiro atoms. The molecule has 2 aromatic heterocycles. The zero-order chi connectivity index (χ0) is 18.1. The fraction of sp³-hybridized carbons (Fsp3) is 0.381. The first kappa shape index (κ1) is 17.6. The summed E-state index contributed by atoms with van der Waals surface area (Å²) in [5, 5.41) is 1.24. The van der Waals surface area contributed by atoms with Crippen LogP contribution in [-0.2, 0) is 11.2 Å². The monoisotopic (exact) mass is 370 g/mol. The van der Waals surface area contributed by atoms with Crippen molar-refractivity contribution in [1.29, 1.82) is 0 Å². The van der Waals surface area contributed by atoms with Gasteiger partial charge >= 0.3 is 0 Å². The highest BCUT2D eigenvalue weighted by Crippen LogP contribution is 2.39. The summed E-state index contributed by atoms with van der Waals surface area (Å²) in [7, 11) is 1.77. The standard InChI is InChI=1S/C21H23FN2OS/c1-14(16-7-5-10-23-21(16)22)20-17-6-3-4-8-18(17)26-19(20)9-11-24-12-15(13-24)25-2/h3-8,10,14-15H,9,11-13H2,1-2H3/t14-/m0/s1. The molecule has 1 saturated heterocycles. The number of methoxy groups -OCH3 is 1. The number of pyridine rings is 1. The van der Waals surface area contributed by atoms with E-state index in [1.807, 2.05) is 23.5 Å². The highest BCUT2D eigenvalue weighted by molar-refractivity contribution is 7.19. The minimum Gasteiger partial charge on any atom is -0.379 e. The molecular weight excluding hydrogens is 347 g/mol. The highest BCUT2D eigenvalue weighted by Gasteiger charge is 2.27. The van der Waals surface area contributed by atoms with Gasteiger partial charge in [-0.2, -0.15) is 4.39 Å². The fourth-order valence-corrected chi connectivity index (χ4v) is 5.06. The third-order valence-corrected chi connectivity index (χ3v) is 6.56. The van der Waals surface area contributed by atoms with E-state index in [2.05, 4.69) is 41.1 Å². The van der Waals surface area contributed by atoms with E-state index in [0.29, 0.717) is 11.7 Å². The number of fused-ring (bicyclic) bond motifs is 1. The Morgan fingerprint density at radius 2 is 2.08 bits per heavy atom. The van der Waals surface area contributed by atoms with Crippen molar-refractivity contribution in [2.75, 3.05) is 26.7 Å². The first-order valence-electron chi connectivity index (χ1n) is 9.03. The quantitative estimate of drug-likeness (QED) is 0.599. The van der Waals surface area contributed by atoms with Gasteiger partial charge in [0.1, 0.15) is 0 Å². The molecule has 1 aliphatic heterocycles. The molecular formula is C21H23FN2OS. The Balaban J connectivity index is 1.65. The second kappa shape index (κ2) is 7.43. The normalized spacial score (nSPS) is 16.7. The van der Waals surface area contributed by atoms with Crippen LogP contribution in [0.1, 0.15) is 28.8 Å². The molecule has 0 radical (unpaired) electrons. The molecule has 3 nitrogen and oxygen atoms in total. The Kier molecular flexibility index (Phi) is 5.02. The molecule has 0 unspecified atom stereocenters. The molecule has 1 aromatic carbocycles. The number of hydrogen-bond acceptors (Lipinski definition) is 4. The van der Waals surface area contributed by atoms with Gasteiger partial charge in [-0.1, -0.05) is 31.2 Å². The van der Waals surface area contributed by atoms with Gasteiger partial charge in [-0.3, -0.25) is 4.90 Å². The Hall–Kier alpha value is -1.82. The Labute approximate surface area is 157 Å². The van der Waals surface area contributed by atoms with Crippen molar-refractivity contribution in [2.45, 2.75) is 25.4 Å². The summed E-state index contributed by atoms with van der Waals surface area (Å²) in [6.07, 6.45) is 2.87. The lowest BCUT2D eigenvalue weighted by Crippen LogP contribution is -2.52. The molecule has 0 bridgehead atoms. The van der Waals surface area contributed by atoms with Crippen LogP contribution < -0.4 is 0 Å². The van der Waals surface area contributed by atoms with Crippen LogP contribution in [0.2, 0.25) is 0 Å². The molecule has 4 rings (SSSR count). The van der Waals surface area contributed by atoms with Crippen LogP contribution in [-0.4, -0.2) is 42.7 Å². The lowest BCUT2D eigenvalue weighted by Gasteiger charge is -2.38. The molecule has 0 N–H and O–H groups in total. The molecule has 1 aliphatic rings. The lowest BCUT2D eigenvalue weighted by atomic mass is 9.91. The fourth-order valence-electron chi connectivity index (χ4n) is 3.77. The topological polar surface area (TPSA) is 25.4 Å². The average molecular weight is 370 g/mol. The van der Waals surface area contributed by atoms with E-state index in [-0.39, 0.29) is 11.9 Å². The molecule has 1 atom stereocenters. The number of halogens is 1. The van der Waals surface area contributed by atoms with Crippen LogP contribution in [0.15, 0.2) is 42.6 Å². The van der Waals surface area contributed by atoms with E-state index in [0.717, 1.165) is 26.1 Å². The second-order valence-corrected chi connectivity index (χ2v) is 8.04. The zero-order valence-electron chi connectivity index (χ0n) is 15.1. The Morgan fingerprint density at radius 1 is 1.27 bits per heavy atom. The van der Waals surface area contributed by atoms with Crippen LogP contribution in [0.25, 0.3) is 10.1 Å². The third-order valence-electron chi connectivity index (χ3n) is 5.31. The number of benzene rings is 1. The first-order chi connectivity index (χ1) is 12.7. The van der Waals surface area contributed by atoms with Crippen molar-refractivity contribution < 1.29 is 9.13 Å². The second-order valence-electron chi connectivity index (χ2n) is 6.91. The predicted octanol–water partition coefficient (Wildman–Crippen LogP) is 4.46. The van der Waals surface area contributed by atoms with Crippen LogP contribution >= 0.6 is 11.3 Å². The van der Waals surface area contributed by atoms with E-state index in [9.17, 15) is 4.39 Å². The van der Waals surface area contributed by atoms with Crippen molar-refractivity contribution >= 4 is 21.4 Å². The molecule has 3 heterocycles. The van der Waals surface area contributed by atoms with Gasteiger partial charge in [0, 0.05) is 54.0 Å². The minimum atomic E-state index is -0.369. The van der Waals surface area contributed by atoms with Gasteiger partial charge in [0.2, 0.25) is 5.95 Å². The number of likely N-dealkylation sites (tertiary alicyclic amines) is 1. The molecule has 0 aliphatic carbocycles. The maximum Gasteiger partial charge on any atom is 0.216 e. The maximum absolute atomic E-state index is 14.3. The molecule has 0 saturated carbocycles. The first-order valence-corrected chi connectivity index (χ1v) is 9.85. The number of thiophene rings is 1. The van der Waals surface area contributed by atoms with E-state index in [4.69, 9.17) is 4.74 Å². The van der Waals surface area contributed by atoms with Crippen molar-refractivity contribution in [1.82, 2.24) is 9.88 Å². The van der Waals surface area contributed by atoms with Gasteiger partial charge < -0.3 is 4.74 Å². The van der Waals surface area contributed by atoms with Crippen molar-refractivity contribution in [3.8, 4) is 0 Å². The molecule has 5 heteroatoms. The number of hydrogen-bond donors (Lipinski definition) is 0. The number of rotatable bonds is 6. The van der Waals surface area contributed by atoms with E-state index >= 15 is 0 Å². The largest absolute Gasteiger partial charge is 0.379 e. The third kappa shape index (κ3) is 3.27. The number of aromatic nitrogens is 1. The number of nitrogens with zero attached hydrogens (tertiary/aromatic N) is 2. The predicted molar refractivity (Wildman–Crippen MR) is 104 cm³/mol. The Bertz CT molecular complexity index is 904. The van der Waals surface area contributed by atoms with Gasteiger partial charge in [0.05, 0.1) is 6.10 Å². The highest BCUT2D eigenvalue weighted by atomic mass is 32.1. The van der Waals surface area contributed by atoms with Crippen molar-refractivity contribution in [2.24, 2.45) is 0 Å². The summed E-state index contributed by atoms with van der Waals surface area (Å²) in [6, 6.07) is 12.1. The Morgan fingerprint density at radius 3 is 2.85 bits per heavy atom. The molecule has 3 aromatic rings. The molecule has 0 amide bonds. The summed E-state index contributed by atoms with van der Waals surface area (Å²) in [5.41, 5.74) is 1.92. The summed E-state index contributed by atoms with van der Waals surface area (Å²) >= 11 is 1.84. The molecule has 136 valence electrons. The van der Waals surface area contributed by atoms with E-state index in [1.54, 1.807) is 7.11 Å². The van der Waals surface area contributed by atoms with Gasteiger partial charge in [-0.25, -0.2) is 4.98 Å². The zero-order valence-corrected chi connectivity index (χ0v) is 15.9. The van der Waals surface area contributed by atoms with Crippen molar-refractivity contribution in [3.05, 3.63) is 64.5 Å². The van der Waals surface area contributed by atoms with E-state index in [1.165, 1.54) is 26.7 Å². The SMILES string of the molecule is COC1CN(CCc2sc3ccccc3c2[C@@H](C)c2cccnc2F)C1. The number of ether oxygens (including phenoxy) is 1. The van der Waals surface area contributed by atoms with E-state index < -0.39 is 0 Å². The molecule has 26 heavy (non-hydrogen) atoms. The minimum absolute atomic E-state index is 0.0158. The van der Waals surface area contributed by atoms with Gasteiger partial charge in [-0.05, 0) is 29.5 Å². The summed E-state index contributed by atoms with van der Waals surface area (Å²) in [6.45, 7) is 5.11. The maximum atomic E-state index is 14.3. The smallest absolute Gasteiger partial charge is 0.216 e. The van der Waals surface area contributed by atoms with Gasteiger partial charge in [0.15, 0.2) is 0 Å². The van der Waals surface area contributed by atoms with Crippen molar-refractivity contribution in [3.63, 3.8) is 0 Å². The summed E-state index contributed by atoms with van der Waals surface area (Å²) in [5.74, 6) is -0.384. The van der Waals surface area contributed by atoms with Crippen LogP contribution in [0.4, 0.5) is 4.39 Å². The summed E-state index contributed by atoms with van der Waals surface area (Å²) in [4.78, 5) is 7.61. The van der Waals surface area contributed by atoms with Crippen LogP contribution in [0.3, 0.4) is 0 Å². The summed E-state index contributed by atoms with van der Waals surface area (Å²) < 4.78 is 20.9. The van der Waals surface area contributed by atoms with Gasteiger partial charge in [0.25, 0.3) is 0 Å². The van der Waals surface area contributed by atoms with Crippen LogP contribution in [0.5, 0.6) is 0 Å². The average Bonchev–Trinajstić information content (AvgIpc) is 2.99. The molecule has 1 fully saturated rings. The lowest BCUT2D eigenvalue weighted by molar-refractivity contribution is -0.0284. The van der Waals surface area contributed by atoms with Crippen LogP contribution in [0, 0.1) is 5.95 Å².